The minimum Gasteiger partial charge on any atom is -0.488 e. The van der Waals surface area contributed by atoms with Crippen molar-refractivity contribution in [1.29, 1.82) is 0 Å². The molecule has 1 aromatic heterocycles. The Kier molecular flexibility index (Phi) is 5.38. The van der Waals surface area contributed by atoms with E-state index in [9.17, 15) is 14.4 Å². The molecule has 1 aliphatic heterocycles. The lowest BCUT2D eigenvalue weighted by Crippen LogP contribution is -2.41. The summed E-state index contributed by atoms with van der Waals surface area (Å²) in [6.07, 6.45) is 0.702. The first-order valence-corrected chi connectivity index (χ1v) is 9.28. The average molecular weight is 402 g/mol. The Balaban J connectivity index is 1.56. The van der Waals surface area contributed by atoms with E-state index in [0.717, 1.165) is 0 Å². The number of nitrogens with one attached hydrogen (secondary N) is 2. The van der Waals surface area contributed by atoms with E-state index in [-0.39, 0.29) is 17.5 Å². The minimum absolute atomic E-state index is 0.119. The van der Waals surface area contributed by atoms with Crippen molar-refractivity contribution in [2.24, 2.45) is 0 Å². The molecule has 0 radical (unpaired) electrons. The van der Waals surface area contributed by atoms with E-state index in [1.807, 2.05) is 18.2 Å². The number of pyridine rings is 1. The Bertz CT molecular complexity index is 1100. The van der Waals surface area contributed by atoms with E-state index in [1.54, 1.807) is 42.5 Å². The fourth-order valence-corrected chi connectivity index (χ4v) is 3.02. The van der Waals surface area contributed by atoms with Gasteiger partial charge in [-0.15, -0.1) is 0 Å². The van der Waals surface area contributed by atoms with Gasteiger partial charge in [-0.25, -0.2) is 9.78 Å². The van der Waals surface area contributed by atoms with Crippen LogP contribution in [0.4, 0.5) is 22.0 Å². The molecular formula is C22H18N4O4. The summed E-state index contributed by atoms with van der Waals surface area (Å²) >= 11 is 0. The highest BCUT2D eigenvalue weighted by Gasteiger charge is 2.26. The molecule has 8 heteroatoms. The zero-order valence-electron chi connectivity index (χ0n) is 15.9. The molecule has 2 aromatic carbocycles. The van der Waals surface area contributed by atoms with Gasteiger partial charge in [0, 0.05) is 16.9 Å². The Morgan fingerprint density at radius 3 is 2.57 bits per heavy atom. The first-order chi connectivity index (χ1) is 14.6. The number of rotatable bonds is 4. The number of hydrogen-bond donors (Lipinski definition) is 2. The van der Waals surface area contributed by atoms with Crippen molar-refractivity contribution in [3.63, 3.8) is 0 Å². The van der Waals surface area contributed by atoms with Crippen molar-refractivity contribution in [1.82, 2.24) is 4.98 Å². The van der Waals surface area contributed by atoms with E-state index >= 15 is 0 Å². The summed E-state index contributed by atoms with van der Waals surface area (Å²) in [5.41, 5.74) is 1.69. The SMILES string of the molecule is O=Cc1cccc(NC(=O)c2ccc3c(n2)N(C(=O)Nc2ccccc2)CCO3)c1. The summed E-state index contributed by atoms with van der Waals surface area (Å²) in [5, 5.41) is 5.51. The maximum atomic E-state index is 12.8. The number of aromatic nitrogens is 1. The smallest absolute Gasteiger partial charge is 0.327 e. The lowest BCUT2D eigenvalue weighted by molar-refractivity contribution is 0.102. The molecule has 3 aromatic rings. The second kappa shape index (κ2) is 8.44. The van der Waals surface area contributed by atoms with Crippen LogP contribution in [-0.4, -0.2) is 36.4 Å². The van der Waals surface area contributed by atoms with E-state index in [0.29, 0.717) is 42.1 Å². The van der Waals surface area contributed by atoms with Gasteiger partial charge < -0.3 is 15.4 Å². The third-order valence-electron chi connectivity index (χ3n) is 4.45. The van der Waals surface area contributed by atoms with Crippen LogP contribution in [0.15, 0.2) is 66.7 Å². The summed E-state index contributed by atoms with van der Waals surface area (Å²) in [7, 11) is 0. The third kappa shape index (κ3) is 4.12. The van der Waals surface area contributed by atoms with Crippen LogP contribution in [0, 0.1) is 0 Å². The van der Waals surface area contributed by atoms with Crippen LogP contribution in [-0.2, 0) is 0 Å². The average Bonchev–Trinajstić information content (AvgIpc) is 2.79. The van der Waals surface area contributed by atoms with Gasteiger partial charge in [0.15, 0.2) is 11.6 Å². The summed E-state index contributed by atoms with van der Waals surface area (Å²) in [4.78, 5) is 42.1. The van der Waals surface area contributed by atoms with Crippen LogP contribution in [0.3, 0.4) is 0 Å². The molecule has 0 spiro atoms. The molecule has 4 rings (SSSR count). The van der Waals surface area contributed by atoms with Gasteiger partial charge in [0.2, 0.25) is 0 Å². The minimum atomic E-state index is -0.463. The monoisotopic (exact) mass is 402 g/mol. The van der Waals surface area contributed by atoms with E-state index < -0.39 is 5.91 Å². The van der Waals surface area contributed by atoms with Gasteiger partial charge in [-0.3, -0.25) is 14.5 Å². The fraction of sp³-hybridized carbons (Fsp3) is 0.0909. The highest BCUT2D eigenvalue weighted by atomic mass is 16.5. The normalized spacial score (nSPS) is 12.3. The summed E-state index contributed by atoms with van der Waals surface area (Å²) in [5.74, 6) is 0.225. The number of benzene rings is 2. The summed E-state index contributed by atoms with van der Waals surface area (Å²) < 4.78 is 5.58. The Morgan fingerprint density at radius 1 is 0.967 bits per heavy atom. The van der Waals surface area contributed by atoms with Crippen LogP contribution in [0.2, 0.25) is 0 Å². The van der Waals surface area contributed by atoms with Crippen molar-refractivity contribution >= 4 is 35.4 Å². The van der Waals surface area contributed by atoms with Gasteiger partial charge in [0.05, 0.1) is 6.54 Å². The van der Waals surface area contributed by atoms with E-state index in [4.69, 9.17) is 4.74 Å². The molecule has 0 saturated heterocycles. The number of urea groups is 1. The Hall–Kier alpha value is -4.20. The number of carbonyl (C=O) groups is 3. The van der Waals surface area contributed by atoms with Crippen molar-refractivity contribution in [2.75, 3.05) is 28.7 Å². The molecule has 0 unspecified atom stereocenters. The number of nitrogens with zero attached hydrogens (tertiary/aromatic N) is 2. The van der Waals surface area contributed by atoms with Crippen LogP contribution < -0.4 is 20.3 Å². The summed E-state index contributed by atoms with van der Waals surface area (Å²) in [6, 6.07) is 18.4. The number of anilines is 3. The second-order valence-corrected chi connectivity index (χ2v) is 6.51. The number of aldehydes is 1. The predicted octanol–water partition coefficient (Wildman–Crippen LogP) is 3.58. The molecule has 8 nitrogen and oxygen atoms in total. The maximum absolute atomic E-state index is 12.8. The Labute approximate surface area is 172 Å². The van der Waals surface area contributed by atoms with Crippen LogP contribution in [0.5, 0.6) is 5.75 Å². The van der Waals surface area contributed by atoms with Gasteiger partial charge in [-0.2, -0.15) is 0 Å². The molecule has 1 aliphatic rings. The molecule has 0 atom stereocenters. The largest absolute Gasteiger partial charge is 0.488 e. The third-order valence-corrected chi connectivity index (χ3v) is 4.45. The van der Waals surface area contributed by atoms with Gasteiger partial charge in [-0.1, -0.05) is 30.3 Å². The molecule has 0 saturated carbocycles. The number of fused-ring (bicyclic) bond motifs is 1. The first-order valence-electron chi connectivity index (χ1n) is 9.28. The first kappa shape index (κ1) is 19.1. The molecule has 0 fully saturated rings. The molecule has 0 bridgehead atoms. The number of hydrogen-bond acceptors (Lipinski definition) is 5. The molecule has 150 valence electrons. The quantitative estimate of drug-likeness (QED) is 0.650. The second-order valence-electron chi connectivity index (χ2n) is 6.51. The van der Waals surface area contributed by atoms with Gasteiger partial charge in [0.1, 0.15) is 18.6 Å². The van der Waals surface area contributed by atoms with Gasteiger partial charge in [-0.05, 0) is 36.4 Å². The van der Waals surface area contributed by atoms with Crippen LogP contribution in [0.1, 0.15) is 20.8 Å². The molecule has 30 heavy (non-hydrogen) atoms. The standard InChI is InChI=1S/C22H18N4O4/c27-14-15-5-4-8-17(13-15)23-21(28)18-9-10-19-20(25-18)26(11-12-30-19)22(29)24-16-6-2-1-3-7-16/h1-10,13-14H,11-12H2,(H,23,28)(H,24,29). The van der Waals surface area contributed by atoms with Crippen LogP contribution in [0.25, 0.3) is 0 Å². The molecular weight excluding hydrogens is 384 g/mol. The number of carbonyl (C=O) groups excluding carboxylic acids is 3. The zero-order chi connectivity index (χ0) is 20.9. The van der Waals surface area contributed by atoms with Crippen molar-refractivity contribution in [3.8, 4) is 5.75 Å². The molecule has 0 aliphatic carbocycles. The molecule has 3 amide bonds. The highest BCUT2D eigenvalue weighted by molar-refractivity contribution is 6.05. The van der Waals surface area contributed by atoms with Gasteiger partial charge in [0.25, 0.3) is 5.91 Å². The van der Waals surface area contributed by atoms with Crippen molar-refractivity contribution in [3.05, 3.63) is 78.0 Å². The number of amides is 3. The van der Waals surface area contributed by atoms with Crippen molar-refractivity contribution < 1.29 is 19.1 Å². The topological polar surface area (TPSA) is 101 Å². The lowest BCUT2D eigenvalue weighted by Gasteiger charge is -2.28. The Morgan fingerprint density at radius 2 is 1.77 bits per heavy atom. The summed E-state index contributed by atoms with van der Waals surface area (Å²) in [6.45, 7) is 0.617. The van der Waals surface area contributed by atoms with Crippen LogP contribution >= 0.6 is 0 Å². The van der Waals surface area contributed by atoms with E-state index in [2.05, 4.69) is 15.6 Å². The molecule has 2 heterocycles. The molecule has 2 N–H and O–H groups in total. The predicted molar refractivity (Wildman–Crippen MR) is 112 cm³/mol. The van der Waals surface area contributed by atoms with Crippen molar-refractivity contribution in [2.45, 2.75) is 0 Å². The highest BCUT2D eigenvalue weighted by Crippen LogP contribution is 2.30. The number of ether oxygens (including phenoxy) is 1. The number of para-hydroxylation sites is 1. The van der Waals surface area contributed by atoms with E-state index in [1.165, 1.54) is 11.0 Å². The van der Waals surface area contributed by atoms with Gasteiger partial charge >= 0.3 is 6.03 Å². The zero-order valence-corrected chi connectivity index (χ0v) is 15.9. The lowest BCUT2D eigenvalue weighted by atomic mass is 10.2. The fourth-order valence-electron chi connectivity index (χ4n) is 3.02. The maximum Gasteiger partial charge on any atom is 0.327 e.